The van der Waals surface area contributed by atoms with Crippen LogP contribution in [0.25, 0.3) is 0 Å². The Morgan fingerprint density at radius 1 is 1.04 bits per heavy atom. The highest BCUT2D eigenvalue weighted by atomic mass is 16.1. The molecular weight excluding hydrogens is 346 g/mol. The summed E-state index contributed by atoms with van der Waals surface area (Å²) in [6.45, 7) is 12.0. The molecule has 1 fully saturated rings. The van der Waals surface area contributed by atoms with Crippen molar-refractivity contribution in [3.8, 4) is 0 Å². The van der Waals surface area contributed by atoms with Gasteiger partial charge in [-0.25, -0.2) is 0 Å². The minimum absolute atomic E-state index is 0.194. The number of carbonyl (C=O) groups is 1. The lowest BCUT2D eigenvalue weighted by atomic mass is 9.89. The summed E-state index contributed by atoms with van der Waals surface area (Å²) < 4.78 is 0. The van der Waals surface area contributed by atoms with Gasteiger partial charge in [-0.3, -0.25) is 4.79 Å². The van der Waals surface area contributed by atoms with Gasteiger partial charge in [-0.05, 0) is 76.3 Å². The second-order valence-corrected chi connectivity index (χ2v) is 8.18. The van der Waals surface area contributed by atoms with E-state index >= 15 is 0 Å². The Balaban J connectivity index is 1.63. The molecule has 2 rings (SSSR count). The second-order valence-electron chi connectivity index (χ2n) is 8.18. The number of unbranched alkanes of at least 4 members (excludes halogenated alkanes) is 1. The van der Waals surface area contributed by atoms with Gasteiger partial charge in [0.05, 0.1) is 0 Å². The van der Waals surface area contributed by atoms with Crippen molar-refractivity contribution in [2.75, 3.05) is 45.8 Å². The van der Waals surface area contributed by atoms with Crippen molar-refractivity contribution in [1.29, 1.82) is 0 Å². The number of carbonyl (C=O) groups excluding carboxylic acids is 1. The summed E-state index contributed by atoms with van der Waals surface area (Å²) in [7, 11) is 0. The van der Waals surface area contributed by atoms with E-state index in [0.29, 0.717) is 6.42 Å². The summed E-state index contributed by atoms with van der Waals surface area (Å²) in [5.41, 5.74) is 1.51. The maximum atomic E-state index is 11.7. The summed E-state index contributed by atoms with van der Waals surface area (Å²) >= 11 is 0. The average Bonchev–Trinajstić information content (AvgIpc) is 2.73. The van der Waals surface area contributed by atoms with Crippen LogP contribution in [0.1, 0.15) is 70.3 Å². The van der Waals surface area contributed by atoms with Gasteiger partial charge < -0.3 is 15.1 Å². The van der Waals surface area contributed by atoms with Crippen LogP contribution in [-0.2, 0) is 4.79 Å². The lowest BCUT2D eigenvalue weighted by Crippen LogP contribution is -2.38. The van der Waals surface area contributed by atoms with Gasteiger partial charge in [-0.15, -0.1) is 0 Å². The van der Waals surface area contributed by atoms with Gasteiger partial charge in [0, 0.05) is 19.5 Å². The first-order valence-electron chi connectivity index (χ1n) is 11.5. The van der Waals surface area contributed by atoms with Crippen molar-refractivity contribution >= 4 is 5.91 Å². The molecule has 0 spiro atoms. The third-order valence-corrected chi connectivity index (χ3v) is 5.86. The number of hydrogen-bond acceptors (Lipinski definition) is 3. The fourth-order valence-electron chi connectivity index (χ4n) is 4.12. The van der Waals surface area contributed by atoms with Gasteiger partial charge in [-0.1, -0.05) is 50.6 Å². The molecule has 1 aromatic carbocycles. The molecule has 4 heteroatoms. The third-order valence-electron chi connectivity index (χ3n) is 5.86. The Morgan fingerprint density at radius 3 is 2.43 bits per heavy atom. The van der Waals surface area contributed by atoms with Crippen molar-refractivity contribution in [3.63, 3.8) is 0 Å². The van der Waals surface area contributed by atoms with Crippen LogP contribution in [0.2, 0.25) is 0 Å². The lowest BCUT2D eigenvalue weighted by molar-refractivity contribution is -0.121. The van der Waals surface area contributed by atoms with Crippen LogP contribution >= 0.6 is 0 Å². The molecule has 1 saturated heterocycles. The summed E-state index contributed by atoms with van der Waals surface area (Å²) in [6.07, 6.45) is 7.83. The number of piperidine rings is 1. The van der Waals surface area contributed by atoms with E-state index in [1.807, 2.05) is 0 Å². The lowest BCUT2D eigenvalue weighted by Gasteiger charge is -2.33. The predicted molar refractivity (Wildman–Crippen MR) is 119 cm³/mol. The van der Waals surface area contributed by atoms with E-state index in [1.54, 1.807) is 0 Å². The fraction of sp³-hybridized carbons (Fsp3) is 0.708. The Hall–Kier alpha value is -1.39. The molecule has 1 amide bonds. The quantitative estimate of drug-likeness (QED) is 0.549. The maximum Gasteiger partial charge on any atom is 0.220 e. The Bertz CT molecular complexity index is 526. The Kier molecular flexibility index (Phi) is 11.2. The van der Waals surface area contributed by atoms with E-state index in [2.05, 4.69) is 59.3 Å². The Labute approximate surface area is 172 Å². The summed E-state index contributed by atoms with van der Waals surface area (Å²) in [5.74, 6) is 0.935. The van der Waals surface area contributed by atoms with Crippen LogP contribution in [-0.4, -0.2) is 61.5 Å². The highest BCUT2D eigenvalue weighted by molar-refractivity contribution is 5.75. The van der Waals surface area contributed by atoms with Crippen LogP contribution in [0.5, 0.6) is 0 Å². The zero-order valence-electron chi connectivity index (χ0n) is 18.2. The molecular formula is C24H41N3O. The summed E-state index contributed by atoms with van der Waals surface area (Å²) in [6, 6.07) is 11.0. The molecule has 1 aliphatic heterocycles. The Morgan fingerprint density at radius 2 is 1.75 bits per heavy atom. The van der Waals surface area contributed by atoms with Gasteiger partial charge in [0.1, 0.15) is 0 Å². The van der Waals surface area contributed by atoms with Gasteiger partial charge >= 0.3 is 0 Å². The van der Waals surface area contributed by atoms with Gasteiger partial charge in [0.15, 0.2) is 0 Å². The number of amides is 1. The molecule has 158 valence electrons. The number of likely N-dealkylation sites (tertiary alicyclic amines) is 1. The average molecular weight is 388 g/mol. The molecule has 28 heavy (non-hydrogen) atoms. The van der Waals surface area contributed by atoms with E-state index in [1.165, 1.54) is 57.3 Å². The molecule has 0 aromatic heterocycles. The molecule has 1 aliphatic rings. The molecule has 0 saturated carbocycles. The number of rotatable bonds is 13. The van der Waals surface area contributed by atoms with E-state index in [4.69, 9.17) is 0 Å². The fourth-order valence-corrected chi connectivity index (χ4v) is 4.12. The van der Waals surface area contributed by atoms with Crippen molar-refractivity contribution in [3.05, 3.63) is 35.9 Å². The largest absolute Gasteiger partial charge is 0.355 e. The molecule has 1 aromatic rings. The second kappa shape index (κ2) is 13.7. The minimum Gasteiger partial charge on any atom is -0.355 e. The predicted octanol–water partition coefficient (Wildman–Crippen LogP) is 4.27. The molecule has 0 bridgehead atoms. The molecule has 1 heterocycles. The molecule has 0 radical (unpaired) electrons. The van der Waals surface area contributed by atoms with Crippen LogP contribution < -0.4 is 5.32 Å². The monoisotopic (exact) mass is 387 g/mol. The molecule has 0 atom stereocenters. The van der Waals surface area contributed by atoms with E-state index in [-0.39, 0.29) is 5.91 Å². The van der Waals surface area contributed by atoms with Crippen LogP contribution in [0.4, 0.5) is 0 Å². The summed E-state index contributed by atoms with van der Waals surface area (Å²) in [5, 5.41) is 3.06. The topological polar surface area (TPSA) is 35.6 Å². The maximum absolute atomic E-state index is 11.7. The first-order chi connectivity index (χ1) is 13.7. The minimum atomic E-state index is 0.194. The zero-order chi connectivity index (χ0) is 20.0. The van der Waals surface area contributed by atoms with Crippen molar-refractivity contribution < 1.29 is 4.79 Å². The molecule has 4 nitrogen and oxygen atoms in total. The van der Waals surface area contributed by atoms with Crippen molar-refractivity contribution in [2.24, 2.45) is 0 Å². The first kappa shape index (κ1) is 22.9. The number of nitrogens with one attached hydrogen (secondary N) is 1. The van der Waals surface area contributed by atoms with Gasteiger partial charge in [-0.2, -0.15) is 0 Å². The molecule has 1 N–H and O–H groups in total. The number of nitrogens with zero attached hydrogens (tertiary/aromatic N) is 2. The van der Waals surface area contributed by atoms with E-state index < -0.39 is 0 Å². The van der Waals surface area contributed by atoms with Crippen molar-refractivity contribution in [1.82, 2.24) is 15.1 Å². The highest BCUT2D eigenvalue weighted by Crippen LogP contribution is 2.27. The smallest absolute Gasteiger partial charge is 0.220 e. The standard InChI is InChI=1S/C24H41N3O/c1-3-5-16-26(21-15-25-24(28)10-4-2)17-9-18-27-19-13-23(14-20-27)22-11-7-6-8-12-22/h6-8,11-12,23H,3-5,9-10,13-21H2,1-2H3,(H,25,28). The zero-order valence-corrected chi connectivity index (χ0v) is 18.2. The summed E-state index contributed by atoms with van der Waals surface area (Å²) in [4.78, 5) is 16.8. The van der Waals surface area contributed by atoms with Crippen LogP contribution in [0.15, 0.2) is 30.3 Å². The SMILES string of the molecule is CCCCN(CCCN1CCC(c2ccccc2)CC1)CCNC(=O)CCC. The highest BCUT2D eigenvalue weighted by Gasteiger charge is 2.20. The van der Waals surface area contributed by atoms with E-state index in [9.17, 15) is 4.79 Å². The number of hydrogen-bond donors (Lipinski definition) is 1. The van der Waals surface area contributed by atoms with Gasteiger partial charge in [0.2, 0.25) is 5.91 Å². The van der Waals surface area contributed by atoms with Crippen molar-refractivity contribution in [2.45, 2.75) is 64.7 Å². The third kappa shape index (κ3) is 8.74. The van der Waals surface area contributed by atoms with E-state index in [0.717, 1.165) is 38.5 Å². The van der Waals surface area contributed by atoms with Crippen LogP contribution in [0, 0.1) is 0 Å². The molecule has 0 unspecified atom stereocenters. The number of benzene rings is 1. The first-order valence-corrected chi connectivity index (χ1v) is 11.5. The normalized spacial score (nSPS) is 15.8. The van der Waals surface area contributed by atoms with Gasteiger partial charge in [0.25, 0.3) is 0 Å². The molecule has 0 aliphatic carbocycles. The van der Waals surface area contributed by atoms with Crippen LogP contribution in [0.3, 0.4) is 0 Å².